The van der Waals surface area contributed by atoms with E-state index in [9.17, 15) is 4.79 Å². The Balaban J connectivity index is 1.77. The molecule has 92 valence electrons. The van der Waals surface area contributed by atoms with Gasteiger partial charge in [-0.2, -0.15) is 0 Å². The molecule has 1 N–H and O–H groups in total. The maximum atomic E-state index is 12.1. The first-order valence-electron chi connectivity index (χ1n) is 6.76. The van der Waals surface area contributed by atoms with Crippen LogP contribution < -0.4 is 5.32 Å². The van der Waals surface area contributed by atoms with E-state index in [1.54, 1.807) is 0 Å². The maximum Gasteiger partial charge on any atom is 0.239 e. The molecule has 0 spiro atoms. The highest BCUT2D eigenvalue weighted by Crippen LogP contribution is 2.24. The van der Waals surface area contributed by atoms with E-state index >= 15 is 0 Å². The number of nitrogens with zero attached hydrogens (tertiary/aromatic N) is 1. The van der Waals surface area contributed by atoms with Gasteiger partial charge < -0.3 is 10.2 Å². The molecule has 0 bridgehead atoms. The summed E-state index contributed by atoms with van der Waals surface area (Å²) < 4.78 is 0. The topological polar surface area (TPSA) is 32.3 Å². The van der Waals surface area contributed by atoms with Crippen LogP contribution in [-0.2, 0) is 4.79 Å². The highest BCUT2D eigenvalue weighted by Gasteiger charge is 2.26. The Morgan fingerprint density at radius 3 is 2.56 bits per heavy atom. The van der Waals surface area contributed by atoms with Gasteiger partial charge in [0.15, 0.2) is 0 Å². The largest absolute Gasteiger partial charge is 0.344 e. The summed E-state index contributed by atoms with van der Waals surface area (Å²) in [6.45, 7) is 1.98. The maximum absolute atomic E-state index is 12.1. The monoisotopic (exact) mass is 224 g/mol. The Hall–Kier alpha value is -0.570. The van der Waals surface area contributed by atoms with Gasteiger partial charge >= 0.3 is 0 Å². The summed E-state index contributed by atoms with van der Waals surface area (Å²) in [6, 6.07) is 0.105. The number of nitrogens with one attached hydrogen (secondary N) is 1. The third kappa shape index (κ3) is 2.97. The molecule has 0 aromatic heterocycles. The first-order valence-corrected chi connectivity index (χ1v) is 6.76. The lowest BCUT2D eigenvalue weighted by molar-refractivity contribution is -0.132. The standard InChI is InChI=1S/C13H24N2O/c1-15(10-11-6-3-2-4-7-11)13(16)12-8-5-9-14-12/h11-12,14H,2-10H2,1H3. The van der Waals surface area contributed by atoms with Gasteiger partial charge in [-0.05, 0) is 38.1 Å². The number of likely N-dealkylation sites (N-methyl/N-ethyl adjacent to an activating group) is 1. The predicted molar refractivity (Wildman–Crippen MR) is 65.2 cm³/mol. The summed E-state index contributed by atoms with van der Waals surface area (Å²) in [4.78, 5) is 14.0. The minimum Gasteiger partial charge on any atom is -0.344 e. The van der Waals surface area contributed by atoms with Crippen molar-refractivity contribution >= 4 is 5.91 Å². The number of amides is 1. The molecule has 1 aliphatic carbocycles. The van der Waals surface area contributed by atoms with Crippen LogP contribution >= 0.6 is 0 Å². The van der Waals surface area contributed by atoms with E-state index in [0.29, 0.717) is 5.91 Å². The van der Waals surface area contributed by atoms with Crippen molar-refractivity contribution in [3.05, 3.63) is 0 Å². The van der Waals surface area contributed by atoms with Crippen LogP contribution in [0.4, 0.5) is 0 Å². The smallest absolute Gasteiger partial charge is 0.239 e. The molecular weight excluding hydrogens is 200 g/mol. The van der Waals surface area contributed by atoms with Gasteiger partial charge in [-0.1, -0.05) is 19.3 Å². The quantitative estimate of drug-likeness (QED) is 0.792. The first-order chi connectivity index (χ1) is 7.77. The zero-order valence-corrected chi connectivity index (χ0v) is 10.4. The molecule has 0 aromatic rings. The highest BCUT2D eigenvalue weighted by molar-refractivity contribution is 5.81. The summed E-state index contributed by atoms with van der Waals surface area (Å²) in [7, 11) is 1.97. The molecule has 0 aromatic carbocycles. The van der Waals surface area contributed by atoms with Crippen molar-refractivity contribution in [1.82, 2.24) is 10.2 Å². The van der Waals surface area contributed by atoms with Gasteiger partial charge in [-0.3, -0.25) is 4.79 Å². The third-order valence-electron chi connectivity index (χ3n) is 3.99. The molecule has 2 rings (SSSR count). The minimum absolute atomic E-state index is 0.105. The number of rotatable bonds is 3. The van der Waals surface area contributed by atoms with Crippen molar-refractivity contribution in [3.8, 4) is 0 Å². The number of hydrogen-bond donors (Lipinski definition) is 1. The second-order valence-electron chi connectivity index (χ2n) is 5.37. The Kier molecular flexibility index (Phi) is 4.22. The summed E-state index contributed by atoms with van der Waals surface area (Å²) in [5.74, 6) is 1.06. The van der Waals surface area contributed by atoms with Crippen LogP contribution in [0.25, 0.3) is 0 Å². The Morgan fingerprint density at radius 1 is 1.19 bits per heavy atom. The second kappa shape index (κ2) is 5.67. The first kappa shape index (κ1) is 11.9. The van der Waals surface area contributed by atoms with E-state index in [1.807, 2.05) is 11.9 Å². The normalized spacial score (nSPS) is 26.9. The molecule has 3 nitrogen and oxygen atoms in total. The minimum atomic E-state index is 0.105. The van der Waals surface area contributed by atoms with Crippen molar-refractivity contribution in [2.75, 3.05) is 20.1 Å². The summed E-state index contributed by atoms with van der Waals surface area (Å²) >= 11 is 0. The molecule has 16 heavy (non-hydrogen) atoms. The van der Waals surface area contributed by atoms with Crippen LogP contribution in [0.1, 0.15) is 44.9 Å². The van der Waals surface area contributed by atoms with Crippen molar-refractivity contribution in [3.63, 3.8) is 0 Å². The average Bonchev–Trinajstić information content (AvgIpc) is 2.83. The predicted octanol–water partition coefficient (Wildman–Crippen LogP) is 1.78. The van der Waals surface area contributed by atoms with E-state index in [4.69, 9.17) is 0 Å². The van der Waals surface area contributed by atoms with E-state index in [1.165, 1.54) is 32.1 Å². The van der Waals surface area contributed by atoms with Crippen LogP contribution in [0.3, 0.4) is 0 Å². The number of carbonyl (C=O) groups excluding carboxylic acids is 1. The van der Waals surface area contributed by atoms with Gasteiger partial charge in [-0.25, -0.2) is 0 Å². The molecule has 3 heteroatoms. The molecule has 1 aliphatic heterocycles. The zero-order chi connectivity index (χ0) is 11.4. The van der Waals surface area contributed by atoms with E-state index < -0.39 is 0 Å². The molecule has 0 radical (unpaired) electrons. The Bertz CT molecular complexity index is 230. The third-order valence-corrected chi connectivity index (χ3v) is 3.99. The van der Waals surface area contributed by atoms with Gasteiger partial charge in [-0.15, -0.1) is 0 Å². The van der Waals surface area contributed by atoms with E-state index in [2.05, 4.69) is 5.32 Å². The lowest BCUT2D eigenvalue weighted by Gasteiger charge is -2.28. The Labute approximate surface area is 98.6 Å². The van der Waals surface area contributed by atoms with Gasteiger partial charge in [0, 0.05) is 13.6 Å². The van der Waals surface area contributed by atoms with Crippen LogP contribution in [-0.4, -0.2) is 37.0 Å². The van der Waals surface area contributed by atoms with E-state index in [0.717, 1.165) is 31.8 Å². The summed E-state index contributed by atoms with van der Waals surface area (Å²) in [5.41, 5.74) is 0. The molecule has 1 saturated carbocycles. The molecule has 1 saturated heterocycles. The molecular formula is C13H24N2O. The van der Waals surface area contributed by atoms with Gasteiger partial charge in [0.25, 0.3) is 0 Å². The summed E-state index contributed by atoms with van der Waals surface area (Å²) in [5, 5.41) is 3.28. The number of carbonyl (C=O) groups is 1. The van der Waals surface area contributed by atoms with Gasteiger partial charge in [0.1, 0.15) is 0 Å². The fourth-order valence-corrected chi connectivity index (χ4v) is 3.01. The van der Waals surface area contributed by atoms with Crippen LogP contribution in [0.5, 0.6) is 0 Å². The van der Waals surface area contributed by atoms with Crippen molar-refractivity contribution in [1.29, 1.82) is 0 Å². The molecule has 1 heterocycles. The fourth-order valence-electron chi connectivity index (χ4n) is 3.01. The van der Waals surface area contributed by atoms with Crippen molar-refractivity contribution in [2.45, 2.75) is 51.0 Å². The zero-order valence-electron chi connectivity index (χ0n) is 10.4. The van der Waals surface area contributed by atoms with Gasteiger partial charge in [0.2, 0.25) is 5.91 Å². The van der Waals surface area contributed by atoms with Crippen LogP contribution in [0, 0.1) is 5.92 Å². The Morgan fingerprint density at radius 2 is 1.94 bits per heavy atom. The number of hydrogen-bond acceptors (Lipinski definition) is 2. The van der Waals surface area contributed by atoms with Gasteiger partial charge in [0.05, 0.1) is 6.04 Å². The lowest BCUT2D eigenvalue weighted by Crippen LogP contribution is -2.43. The highest BCUT2D eigenvalue weighted by atomic mass is 16.2. The lowest BCUT2D eigenvalue weighted by atomic mass is 9.89. The van der Waals surface area contributed by atoms with Crippen LogP contribution in [0.2, 0.25) is 0 Å². The molecule has 2 aliphatic rings. The van der Waals surface area contributed by atoms with E-state index in [-0.39, 0.29) is 6.04 Å². The molecule has 1 amide bonds. The van der Waals surface area contributed by atoms with Crippen LogP contribution in [0.15, 0.2) is 0 Å². The second-order valence-corrected chi connectivity index (χ2v) is 5.37. The fraction of sp³-hybridized carbons (Fsp3) is 0.923. The van der Waals surface area contributed by atoms with Crippen molar-refractivity contribution < 1.29 is 4.79 Å². The molecule has 1 unspecified atom stereocenters. The molecule has 2 fully saturated rings. The van der Waals surface area contributed by atoms with Crippen molar-refractivity contribution in [2.24, 2.45) is 5.92 Å². The average molecular weight is 224 g/mol. The summed E-state index contributed by atoms with van der Waals surface area (Å²) in [6.07, 6.45) is 8.90. The molecule has 1 atom stereocenters. The SMILES string of the molecule is CN(CC1CCCCC1)C(=O)C1CCCN1.